The quantitative estimate of drug-likeness (QED) is 0.769. The summed E-state index contributed by atoms with van der Waals surface area (Å²) in [5, 5.41) is 12.1. The zero-order chi connectivity index (χ0) is 14.9. The lowest BCUT2D eigenvalue weighted by molar-refractivity contribution is -0.117. The van der Waals surface area contributed by atoms with Crippen LogP contribution < -0.4 is 5.32 Å². The van der Waals surface area contributed by atoms with Crippen molar-refractivity contribution in [3.63, 3.8) is 0 Å². The van der Waals surface area contributed by atoms with Gasteiger partial charge in [-0.1, -0.05) is 5.21 Å². The Balaban J connectivity index is 1.49. The summed E-state index contributed by atoms with van der Waals surface area (Å²) >= 11 is 0. The van der Waals surface area contributed by atoms with Gasteiger partial charge in [0.2, 0.25) is 5.91 Å². The lowest BCUT2D eigenvalue weighted by atomic mass is 10.0. The number of nitrogens with one attached hydrogen (secondary N) is 2. The maximum atomic E-state index is 12.2. The Hall–Kier alpha value is -2.70. The van der Waals surface area contributed by atoms with Gasteiger partial charge in [-0.2, -0.15) is 0 Å². The van der Waals surface area contributed by atoms with Crippen molar-refractivity contribution in [1.29, 1.82) is 0 Å². The fourth-order valence-electron chi connectivity index (χ4n) is 2.89. The van der Waals surface area contributed by atoms with Crippen molar-refractivity contribution in [2.75, 3.05) is 5.32 Å². The zero-order valence-corrected chi connectivity index (χ0v) is 12.0. The highest BCUT2D eigenvalue weighted by Gasteiger charge is 2.18. The molecule has 7 nitrogen and oxygen atoms in total. The predicted molar refractivity (Wildman–Crippen MR) is 81.4 cm³/mol. The first-order valence-electron chi connectivity index (χ1n) is 7.44. The number of aromatic amines is 1. The lowest BCUT2D eigenvalue weighted by Crippen LogP contribution is -2.22. The van der Waals surface area contributed by atoms with Gasteiger partial charge in [-0.15, -0.1) is 5.10 Å². The Morgan fingerprint density at radius 1 is 1.36 bits per heavy atom. The average Bonchev–Trinajstić information content (AvgIpc) is 3.14. The first-order chi connectivity index (χ1) is 10.8. The summed E-state index contributed by atoms with van der Waals surface area (Å²) < 4.78 is 1.71. The third-order valence-corrected chi connectivity index (χ3v) is 3.99. The topological polar surface area (TPSA) is 88.5 Å². The number of aromatic nitrogens is 5. The van der Waals surface area contributed by atoms with Crippen molar-refractivity contribution >= 4 is 22.6 Å². The maximum Gasteiger partial charge on any atom is 0.247 e. The number of nitrogens with zero attached hydrogens (tertiary/aromatic N) is 4. The van der Waals surface area contributed by atoms with Crippen LogP contribution in [0.3, 0.4) is 0 Å². The van der Waals surface area contributed by atoms with Crippen LogP contribution in [0.15, 0.2) is 24.5 Å². The van der Waals surface area contributed by atoms with E-state index >= 15 is 0 Å². The molecular formula is C15H16N6O. The molecule has 3 aromatic heterocycles. The first kappa shape index (κ1) is 13.0. The van der Waals surface area contributed by atoms with Gasteiger partial charge < -0.3 is 10.3 Å². The minimum Gasteiger partial charge on any atom is -0.360 e. The molecule has 2 N–H and O–H groups in total. The van der Waals surface area contributed by atoms with Gasteiger partial charge in [0.25, 0.3) is 0 Å². The van der Waals surface area contributed by atoms with E-state index in [0.717, 1.165) is 48.0 Å². The van der Waals surface area contributed by atoms with Gasteiger partial charge >= 0.3 is 0 Å². The van der Waals surface area contributed by atoms with Crippen LogP contribution in [0.25, 0.3) is 10.9 Å². The number of H-pyrrole nitrogens is 1. The standard InChI is InChI=1S/C15H16N6O/c22-15(9-21-13-4-2-1-3-11(13)19-20-21)18-14-7-10-5-6-16-12(10)8-17-14/h5-8,16H,1-4,9H2,(H,17,18,22). The molecule has 1 aliphatic carbocycles. The van der Waals surface area contributed by atoms with E-state index in [4.69, 9.17) is 0 Å². The zero-order valence-electron chi connectivity index (χ0n) is 12.0. The minimum atomic E-state index is -0.138. The van der Waals surface area contributed by atoms with Crippen LogP contribution in [0.2, 0.25) is 0 Å². The highest BCUT2D eigenvalue weighted by Crippen LogP contribution is 2.19. The fourth-order valence-corrected chi connectivity index (χ4v) is 2.89. The van der Waals surface area contributed by atoms with Crippen molar-refractivity contribution in [2.24, 2.45) is 0 Å². The van der Waals surface area contributed by atoms with Crippen LogP contribution in [-0.4, -0.2) is 30.9 Å². The Bertz CT molecular complexity index is 834. The second-order valence-electron chi connectivity index (χ2n) is 5.53. The summed E-state index contributed by atoms with van der Waals surface area (Å²) in [7, 11) is 0. The highest BCUT2D eigenvalue weighted by molar-refractivity contribution is 5.92. The molecule has 0 aromatic carbocycles. The fraction of sp³-hybridized carbons (Fsp3) is 0.333. The molecule has 4 rings (SSSR count). The van der Waals surface area contributed by atoms with E-state index in [1.165, 1.54) is 0 Å². The number of hydrogen-bond donors (Lipinski definition) is 2. The Morgan fingerprint density at radius 3 is 3.23 bits per heavy atom. The SMILES string of the molecule is O=C(Cn1nnc2c1CCCC2)Nc1cc2cc[nH]c2cn1. The molecule has 0 atom stereocenters. The maximum absolute atomic E-state index is 12.2. The van der Waals surface area contributed by atoms with E-state index < -0.39 is 0 Å². The first-order valence-corrected chi connectivity index (χ1v) is 7.44. The van der Waals surface area contributed by atoms with Crippen molar-refractivity contribution in [2.45, 2.75) is 32.2 Å². The number of rotatable bonds is 3. The average molecular weight is 296 g/mol. The molecule has 0 fully saturated rings. The van der Waals surface area contributed by atoms with E-state index in [1.54, 1.807) is 10.9 Å². The molecule has 3 heterocycles. The smallest absolute Gasteiger partial charge is 0.247 e. The number of amides is 1. The van der Waals surface area contributed by atoms with Crippen LogP contribution in [0, 0.1) is 0 Å². The number of fused-ring (bicyclic) bond motifs is 2. The number of pyridine rings is 1. The molecule has 0 saturated heterocycles. The summed E-state index contributed by atoms with van der Waals surface area (Å²) in [4.78, 5) is 19.5. The van der Waals surface area contributed by atoms with Gasteiger partial charge in [-0.05, 0) is 37.8 Å². The summed E-state index contributed by atoms with van der Waals surface area (Å²) in [6.07, 6.45) is 7.75. The molecule has 0 aliphatic heterocycles. The van der Waals surface area contributed by atoms with Crippen LogP contribution >= 0.6 is 0 Å². The predicted octanol–water partition coefficient (Wildman–Crippen LogP) is 1.67. The number of carbonyl (C=O) groups excluding carboxylic acids is 1. The lowest BCUT2D eigenvalue weighted by Gasteiger charge is -2.11. The molecule has 0 unspecified atom stereocenters. The largest absolute Gasteiger partial charge is 0.360 e. The summed E-state index contributed by atoms with van der Waals surface area (Å²) in [5.41, 5.74) is 3.07. The van der Waals surface area contributed by atoms with Gasteiger partial charge in [0, 0.05) is 11.6 Å². The van der Waals surface area contributed by atoms with Crippen LogP contribution in [0.4, 0.5) is 5.82 Å². The summed E-state index contributed by atoms with van der Waals surface area (Å²) in [5.74, 6) is 0.409. The van der Waals surface area contributed by atoms with Gasteiger partial charge in [0.15, 0.2) is 0 Å². The van der Waals surface area contributed by atoms with E-state index in [2.05, 4.69) is 25.6 Å². The number of hydrogen-bond acceptors (Lipinski definition) is 4. The summed E-state index contributed by atoms with van der Waals surface area (Å²) in [6.45, 7) is 0.176. The molecule has 1 aliphatic rings. The molecule has 1 amide bonds. The van der Waals surface area contributed by atoms with Crippen molar-refractivity contribution in [3.05, 3.63) is 35.9 Å². The monoisotopic (exact) mass is 296 g/mol. The molecule has 0 saturated carbocycles. The van der Waals surface area contributed by atoms with Gasteiger partial charge in [0.05, 0.1) is 23.1 Å². The highest BCUT2D eigenvalue weighted by atomic mass is 16.2. The molecule has 0 bridgehead atoms. The van der Waals surface area contributed by atoms with Crippen LogP contribution in [0.5, 0.6) is 0 Å². The van der Waals surface area contributed by atoms with Crippen LogP contribution in [-0.2, 0) is 24.2 Å². The second-order valence-corrected chi connectivity index (χ2v) is 5.53. The van der Waals surface area contributed by atoms with Gasteiger partial charge in [0.1, 0.15) is 12.4 Å². The molecular weight excluding hydrogens is 280 g/mol. The molecule has 0 radical (unpaired) electrons. The molecule has 7 heteroatoms. The van der Waals surface area contributed by atoms with E-state index in [1.807, 2.05) is 18.3 Å². The molecule has 112 valence electrons. The van der Waals surface area contributed by atoms with E-state index in [0.29, 0.717) is 5.82 Å². The van der Waals surface area contributed by atoms with Crippen molar-refractivity contribution in [1.82, 2.24) is 25.0 Å². The Kier molecular flexibility index (Phi) is 3.10. The van der Waals surface area contributed by atoms with Crippen LogP contribution in [0.1, 0.15) is 24.2 Å². The summed E-state index contributed by atoms with van der Waals surface area (Å²) in [6, 6.07) is 3.79. The van der Waals surface area contributed by atoms with Gasteiger partial charge in [-0.3, -0.25) is 4.79 Å². The number of anilines is 1. The Labute approximate surface area is 126 Å². The minimum absolute atomic E-state index is 0.138. The number of carbonyl (C=O) groups is 1. The van der Waals surface area contributed by atoms with Gasteiger partial charge in [-0.25, -0.2) is 9.67 Å². The Morgan fingerprint density at radius 2 is 2.27 bits per heavy atom. The normalized spacial score (nSPS) is 14.0. The molecule has 3 aromatic rings. The third-order valence-electron chi connectivity index (χ3n) is 3.99. The van der Waals surface area contributed by atoms with Crippen molar-refractivity contribution in [3.8, 4) is 0 Å². The second kappa shape index (κ2) is 5.25. The molecule has 0 spiro atoms. The molecule has 22 heavy (non-hydrogen) atoms. The number of aryl methyl sites for hydroxylation is 1. The third kappa shape index (κ3) is 2.34. The van der Waals surface area contributed by atoms with Crippen molar-refractivity contribution < 1.29 is 4.79 Å². The van der Waals surface area contributed by atoms with E-state index in [-0.39, 0.29) is 12.5 Å². The van der Waals surface area contributed by atoms with E-state index in [9.17, 15) is 4.79 Å².